The molecule has 0 spiro atoms. The molecule has 0 saturated carbocycles. The fraction of sp³-hybridized carbons (Fsp3) is 0.0714. The second-order valence-electron chi connectivity index (χ2n) is 4.23. The van der Waals surface area contributed by atoms with Crippen LogP contribution < -0.4 is 5.73 Å². The van der Waals surface area contributed by atoms with Crippen molar-refractivity contribution >= 4 is 28.4 Å². The van der Waals surface area contributed by atoms with Crippen molar-refractivity contribution in [2.75, 3.05) is 5.73 Å². The van der Waals surface area contributed by atoms with E-state index in [-0.39, 0.29) is 0 Å². The van der Waals surface area contributed by atoms with Gasteiger partial charge in [-0.3, -0.25) is 0 Å². The van der Waals surface area contributed by atoms with Crippen LogP contribution in [0.4, 0.5) is 5.69 Å². The highest BCUT2D eigenvalue weighted by Crippen LogP contribution is 2.30. The molecule has 0 aliphatic heterocycles. The first-order valence-corrected chi connectivity index (χ1v) is 5.94. The van der Waals surface area contributed by atoms with Crippen LogP contribution in [0.15, 0.2) is 40.8 Å². The molecule has 0 bridgehead atoms. The van der Waals surface area contributed by atoms with Gasteiger partial charge in [-0.15, -0.1) is 0 Å². The van der Waals surface area contributed by atoms with Crippen molar-refractivity contribution in [2.24, 2.45) is 0 Å². The number of aryl methyl sites for hydroxylation is 1. The number of nitrogens with zero attached hydrogens (tertiary/aromatic N) is 1. The summed E-state index contributed by atoms with van der Waals surface area (Å²) in [6, 6.07) is 11.4. The van der Waals surface area contributed by atoms with E-state index in [0.29, 0.717) is 27.7 Å². The van der Waals surface area contributed by atoms with Gasteiger partial charge in [0.15, 0.2) is 5.58 Å². The van der Waals surface area contributed by atoms with Gasteiger partial charge in [0.05, 0.1) is 5.69 Å². The van der Waals surface area contributed by atoms with Gasteiger partial charge in [0, 0.05) is 10.6 Å². The molecule has 3 aromatic rings. The summed E-state index contributed by atoms with van der Waals surface area (Å²) in [6.45, 7) is 2.04. The number of hydrogen-bond donors (Lipinski definition) is 1. The van der Waals surface area contributed by atoms with Gasteiger partial charge in [-0.25, -0.2) is 4.98 Å². The zero-order chi connectivity index (χ0) is 12.7. The summed E-state index contributed by atoms with van der Waals surface area (Å²) in [7, 11) is 0. The lowest BCUT2D eigenvalue weighted by molar-refractivity contribution is 0.621. The summed E-state index contributed by atoms with van der Waals surface area (Å²) in [6.07, 6.45) is 0. The first kappa shape index (κ1) is 11.1. The van der Waals surface area contributed by atoms with Crippen LogP contribution in [0, 0.1) is 6.92 Å². The molecule has 1 aromatic heterocycles. The van der Waals surface area contributed by atoms with Gasteiger partial charge < -0.3 is 10.2 Å². The Hall–Kier alpha value is -2.00. The number of nitrogen functional groups attached to an aromatic ring is 1. The van der Waals surface area contributed by atoms with Crippen molar-refractivity contribution in [2.45, 2.75) is 6.92 Å². The summed E-state index contributed by atoms with van der Waals surface area (Å²) in [5.41, 5.74) is 9.73. The quantitative estimate of drug-likeness (QED) is 0.670. The maximum Gasteiger partial charge on any atom is 0.227 e. The molecule has 0 radical (unpaired) electrons. The van der Waals surface area contributed by atoms with Crippen LogP contribution in [0.2, 0.25) is 5.02 Å². The van der Waals surface area contributed by atoms with E-state index in [2.05, 4.69) is 4.98 Å². The number of rotatable bonds is 1. The third-order valence-electron chi connectivity index (χ3n) is 2.78. The van der Waals surface area contributed by atoms with E-state index in [9.17, 15) is 0 Å². The smallest absolute Gasteiger partial charge is 0.227 e. The lowest BCUT2D eigenvalue weighted by atomic mass is 10.1. The number of aromatic nitrogens is 1. The van der Waals surface area contributed by atoms with E-state index in [0.717, 1.165) is 5.56 Å². The van der Waals surface area contributed by atoms with Crippen LogP contribution in [0.5, 0.6) is 0 Å². The molecule has 0 aliphatic carbocycles. The molecule has 2 N–H and O–H groups in total. The molecule has 0 amide bonds. The standard InChI is InChI=1S/C14H11ClN2O/c1-8-2-4-9(5-3-8)14-17-12-7-10(15)6-11(16)13(12)18-14/h2-7H,16H2,1H3. The van der Waals surface area contributed by atoms with Crippen LogP contribution in [0.1, 0.15) is 5.56 Å². The van der Waals surface area contributed by atoms with Gasteiger partial charge in [0.25, 0.3) is 0 Å². The Morgan fingerprint density at radius 3 is 2.61 bits per heavy atom. The van der Waals surface area contributed by atoms with Crippen LogP contribution >= 0.6 is 11.6 Å². The van der Waals surface area contributed by atoms with Crippen molar-refractivity contribution in [3.8, 4) is 11.5 Å². The normalized spacial score (nSPS) is 11.0. The summed E-state index contributed by atoms with van der Waals surface area (Å²) >= 11 is 5.94. The van der Waals surface area contributed by atoms with Gasteiger partial charge in [-0.05, 0) is 31.2 Å². The van der Waals surface area contributed by atoms with Gasteiger partial charge in [-0.2, -0.15) is 0 Å². The third kappa shape index (κ3) is 1.83. The Morgan fingerprint density at radius 1 is 1.17 bits per heavy atom. The number of hydrogen-bond acceptors (Lipinski definition) is 3. The maximum atomic E-state index is 5.94. The van der Waals surface area contributed by atoms with Crippen LogP contribution in [-0.4, -0.2) is 4.98 Å². The van der Waals surface area contributed by atoms with Crippen molar-refractivity contribution < 1.29 is 4.42 Å². The summed E-state index contributed by atoms with van der Waals surface area (Å²) in [4.78, 5) is 4.40. The first-order valence-electron chi connectivity index (χ1n) is 5.56. The molecular formula is C14H11ClN2O. The number of benzene rings is 2. The molecular weight excluding hydrogens is 248 g/mol. The first-order chi connectivity index (χ1) is 8.63. The molecule has 2 aromatic carbocycles. The molecule has 18 heavy (non-hydrogen) atoms. The van der Waals surface area contributed by atoms with Crippen molar-refractivity contribution in [3.63, 3.8) is 0 Å². The van der Waals surface area contributed by atoms with Crippen LogP contribution in [0.3, 0.4) is 0 Å². The molecule has 0 unspecified atom stereocenters. The Labute approximate surface area is 109 Å². The Kier molecular flexibility index (Phi) is 2.49. The zero-order valence-electron chi connectivity index (χ0n) is 9.77. The SMILES string of the molecule is Cc1ccc(-c2nc3cc(Cl)cc(N)c3o2)cc1. The zero-order valence-corrected chi connectivity index (χ0v) is 10.5. The van der Waals surface area contributed by atoms with E-state index in [1.165, 1.54) is 5.56 Å². The molecule has 1 heterocycles. The van der Waals surface area contributed by atoms with E-state index in [1.807, 2.05) is 31.2 Å². The molecule has 3 nitrogen and oxygen atoms in total. The highest BCUT2D eigenvalue weighted by Gasteiger charge is 2.11. The minimum atomic E-state index is 0.503. The Balaban J connectivity index is 2.19. The molecule has 4 heteroatoms. The average Bonchev–Trinajstić information content (AvgIpc) is 2.74. The van der Waals surface area contributed by atoms with E-state index >= 15 is 0 Å². The molecule has 0 atom stereocenters. The molecule has 0 saturated heterocycles. The monoisotopic (exact) mass is 258 g/mol. The van der Waals surface area contributed by atoms with Gasteiger partial charge in [0.2, 0.25) is 5.89 Å². The number of halogens is 1. The molecule has 0 aliphatic rings. The van der Waals surface area contributed by atoms with Gasteiger partial charge >= 0.3 is 0 Å². The number of nitrogens with two attached hydrogens (primary N) is 1. The minimum absolute atomic E-state index is 0.503. The number of fused-ring (bicyclic) bond motifs is 1. The van der Waals surface area contributed by atoms with Crippen LogP contribution in [0.25, 0.3) is 22.6 Å². The summed E-state index contributed by atoms with van der Waals surface area (Å²) < 4.78 is 5.68. The highest BCUT2D eigenvalue weighted by molar-refractivity contribution is 6.31. The predicted octanol–water partition coefficient (Wildman–Crippen LogP) is 4.04. The maximum absolute atomic E-state index is 5.94. The number of anilines is 1. The van der Waals surface area contributed by atoms with Gasteiger partial charge in [-0.1, -0.05) is 29.3 Å². The third-order valence-corrected chi connectivity index (χ3v) is 3.00. The van der Waals surface area contributed by atoms with Crippen molar-refractivity contribution in [1.29, 1.82) is 0 Å². The van der Waals surface area contributed by atoms with E-state index in [1.54, 1.807) is 12.1 Å². The minimum Gasteiger partial charge on any atom is -0.434 e. The lowest BCUT2D eigenvalue weighted by Crippen LogP contribution is -1.84. The number of oxazole rings is 1. The Morgan fingerprint density at radius 2 is 1.89 bits per heavy atom. The summed E-state index contributed by atoms with van der Waals surface area (Å²) in [5.74, 6) is 0.555. The largest absolute Gasteiger partial charge is 0.434 e. The fourth-order valence-corrected chi connectivity index (χ4v) is 2.06. The Bertz CT molecular complexity index is 716. The predicted molar refractivity (Wildman–Crippen MR) is 73.6 cm³/mol. The second-order valence-corrected chi connectivity index (χ2v) is 4.66. The second kappa shape index (κ2) is 4.03. The molecule has 3 rings (SSSR count). The van der Waals surface area contributed by atoms with Crippen molar-refractivity contribution in [1.82, 2.24) is 4.98 Å². The average molecular weight is 259 g/mol. The summed E-state index contributed by atoms with van der Waals surface area (Å²) in [5, 5.41) is 0.559. The highest BCUT2D eigenvalue weighted by atomic mass is 35.5. The molecule has 0 fully saturated rings. The van der Waals surface area contributed by atoms with Gasteiger partial charge in [0.1, 0.15) is 5.52 Å². The fourth-order valence-electron chi connectivity index (χ4n) is 1.84. The molecule has 90 valence electrons. The van der Waals surface area contributed by atoms with Crippen LogP contribution in [-0.2, 0) is 0 Å². The van der Waals surface area contributed by atoms with E-state index < -0.39 is 0 Å². The van der Waals surface area contributed by atoms with E-state index in [4.69, 9.17) is 21.8 Å². The van der Waals surface area contributed by atoms with Crippen molar-refractivity contribution in [3.05, 3.63) is 47.0 Å². The lowest BCUT2D eigenvalue weighted by Gasteiger charge is -1.95. The topological polar surface area (TPSA) is 52.0 Å².